The number of nitrogens with zero attached hydrogens (tertiary/aromatic N) is 2. The van der Waals surface area contributed by atoms with Crippen molar-refractivity contribution in [3.8, 4) is 0 Å². The maximum absolute atomic E-state index is 12.9. The van der Waals surface area contributed by atoms with Crippen LogP contribution in [-0.2, 0) is 22.4 Å². The molecule has 2 aromatic rings. The zero-order chi connectivity index (χ0) is 27.4. The van der Waals surface area contributed by atoms with Gasteiger partial charge in [0.2, 0.25) is 11.8 Å². The number of allylic oxidation sites excluding steroid dienone is 4. The molecule has 3 fully saturated rings. The fourth-order valence-corrected chi connectivity index (χ4v) is 8.16. The lowest BCUT2D eigenvalue weighted by Crippen LogP contribution is -2.51. The monoisotopic (exact) mass is 572 g/mol. The van der Waals surface area contributed by atoms with E-state index >= 15 is 0 Å². The van der Waals surface area contributed by atoms with E-state index < -0.39 is 0 Å². The summed E-state index contributed by atoms with van der Waals surface area (Å²) in [5.74, 6) is 1.99. The second-order valence-electron chi connectivity index (χ2n) is 11.7. The van der Waals surface area contributed by atoms with E-state index in [0.717, 1.165) is 35.4 Å². The number of hydrogen-bond donors (Lipinski definition) is 2. The summed E-state index contributed by atoms with van der Waals surface area (Å²) in [5, 5.41) is 11.1. The van der Waals surface area contributed by atoms with Crippen molar-refractivity contribution in [2.24, 2.45) is 57.5 Å². The number of fused-ring (bicyclic) bond motifs is 10. The van der Waals surface area contributed by atoms with Gasteiger partial charge in [-0.05, 0) is 71.9 Å². The minimum Gasteiger partial charge on any atom is -0.273 e. The fourth-order valence-electron chi connectivity index (χ4n) is 7.91. The van der Waals surface area contributed by atoms with Crippen LogP contribution in [0, 0.1) is 47.3 Å². The van der Waals surface area contributed by atoms with Crippen LogP contribution in [0.5, 0.6) is 0 Å². The second-order valence-corrected chi connectivity index (χ2v) is 12.6. The van der Waals surface area contributed by atoms with E-state index in [1.807, 2.05) is 24.3 Å². The molecule has 6 nitrogen and oxygen atoms in total. The van der Waals surface area contributed by atoms with E-state index in [0.29, 0.717) is 33.7 Å². The third-order valence-corrected chi connectivity index (χ3v) is 9.96. The number of carbonyl (C=O) groups is 2. The quantitative estimate of drug-likeness (QED) is 0.348. The van der Waals surface area contributed by atoms with Crippen molar-refractivity contribution in [2.45, 2.75) is 25.7 Å². The average molecular weight is 574 g/mol. The van der Waals surface area contributed by atoms with Gasteiger partial charge in [0.15, 0.2) is 0 Å². The third-order valence-electron chi connectivity index (χ3n) is 9.46. The summed E-state index contributed by atoms with van der Waals surface area (Å²) >= 11 is 12.0. The summed E-state index contributed by atoms with van der Waals surface area (Å²) in [6.07, 6.45) is 11.9. The molecule has 2 N–H and O–H groups in total. The number of benzene rings is 2. The van der Waals surface area contributed by atoms with E-state index in [1.165, 1.54) is 0 Å². The van der Waals surface area contributed by atoms with Crippen LogP contribution >= 0.6 is 23.2 Å². The molecule has 0 aromatic heterocycles. The van der Waals surface area contributed by atoms with Gasteiger partial charge in [0.05, 0.1) is 12.8 Å². The lowest BCUT2D eigenvalue weighted by atomic mass is 9.60. The number of nitrogens with one attached hydrogen (secondary N) is 2. The first-order chi connectivity index (χ1) is 19.4. The Morgan fingerprint density at radius 1 is 0.600 bits per heavy atom. The molecule has 0 spiro atoms. The largest absolute Gasteiger partial charge is 0.273 e. The van der Waals surface area contributed by atoms with E-state index in [9.17, 15) is 9.59 Å². The molecule has 5 aliphatic rings. The van der Waals surface area contributed by atoms with Crippen molar-refractivity contribution in [1.29, 1.82) is 0 Å². The van der Waals surface area contributed by atoms with Gasteiger partial charge < -0.3 is 0 Å². The first-order valence-corrected chi connectivity index (χ1v) is 14.8. The number of carbonyl (C=O) groups excluding carboxylic acids is 2. The molecule has 40 heavy (non-hydrogen) atoms. The number of amides is 2. The van der Waals surface area contributed by atoms with Gasteiger partial charge in [0, 0.05) is 45.1 Å². The van der Waals surface area contributed by atoms with Crippen LogP contribution in [0.25, 0.3) is 0 Å². The first-order valence-electron chi connectivity index (χ1n) is 14.0. The van der Waals surface area contributed by atoms with Crippen molar-refractivity contribution >= 4 is 46.4 Å². The number of halogens is 2. The summed E-state index contributed by atoms with van der Waals surface area (Å²) in [5.41, 5.74) is 9.83. The standard InChI is InChI=1S/C32H30Cl2N4O2/c33-23-9-1-17(2-10-23)13-25(39)35-37-31-27-19-5-7-21(15-19)29(27)32(30-22-8-6-20(16-22)28(30)31)38-36-26(40)14-18-3-11-24(34)12-4-18/h1-12,19-22,27-30H,13-16H2,(H,35,39)(H,36,40). The van der Waals surface area contributed by atoms with E-state index in [4.69, 9.17) is 33.4 Å². The molecule has 0 radical (unpaired) electrons. The molecule has 4 bridgehead atoms. The Morgan fingerprint density at radius 3 is 1.25 bits per heavy atom. The van der Waals surface area contributed by atoms with Crippen molar-refractivity contribution in [3.05, 3.63) is 94.0 Å². The maximum Gasteiger partial charge on any atom is 0.244 e. The first kappa shape index (κ1) is 25.7. The predicted octanol–water partition coefficient (Wildman–Crippen LogP) is 5.61. The molecular formula is C32H30Cl2N4O2. The molecule has 2 aromatic carbocycles. The maximum atomic E-state index is 12.9. The Kier molecular flexibility index (Phi) is 6.63. The number of hydrazone groups is 2. The topological polar surface area (TPSA) is 82.9 Å². The molecule has 0 saturated heterocycles. The van der Waals surface area contributed by atoms with Crippen LogP contribution in [0.15, 0.2) is 83.0 Å². The zero-order valence-electron chi connectivity index (χ0n) is 21.8. The molecule has 7 rings (SSSR count). The number of rotatable bonds is 6. The van der Waals surface area contributed by atoms with Crippen molar-refractivity contribution < 1.29 is 9.59 Å². The van der Waals surface area contributed by atoms with E-state index in [1.54, 1.807) is 24.3 Å². The summed E-state index contributed by atoms with van der Waals surface area (Å²) in [6, 6.07) is 14.7. The highest BCUT2D eigenvalue weighted by Crippen LogP contribution is 2.61. The van der Waals surface area contributed by atoms with E-state index in [-0.39, 0.29) is 48.3 Å². The van der Waals surface area contributed by atoms with Gasteiger partial charge in [0.25, 0.3) is 0 Å². The molecule has 204 valence electrons. The van der Waals surface area contributed by atoms with Gasteiger partial charge in [-0.3, -0.25) is 9.59 Å². The lowest BCUT2D eigenvalue weighted by molar-refractivity contribution is -0.121. The number of hydrogen-bond acceptors (Lipinski definition) is 4. The summed E-state index contributed by atoms with van der Waals surface area (Å²) < 4.78 is 0. The SMILES string of the molecule is O=C(Cc1ccc(Cl)cc1)NN=C1C2C3C=CC(C3)C2C(=NNC(=O)Cc2ccc(Cl)cc2)C2C3C=CC(C3)C12. The highest BCUT2D eigenvalue weighted by Gasteiger charge is 2.62. The molecule has 2 amide bonds. The van der Waals surface area contributed by atoms with Crippen LogP contribution in [0.4, 0.5) is 0 Å². The molecule has 8 unspecified atom stereocenters. The van der Waals surface area contributed by atoms with E-state index in [2.05, 4.69) is 35.2 Å². The van der Waals surface area contributed by atoms with Gasteiger partial charge in [-0.1, -0.05) is 71.8 Å². The zero-order valence-corrected chi connectivity index (χ0v) is 23.4. The van der Waals surface area contributed by atoms with Crippen LogP contribution in [0.1, 0.15) is 24.0 Å². The smallest absolute Gasteiger partial charge is 0.244 e. The van der Waals surface area contributed by atoms with Crippen LogP contribution in [0.3, 0.4) is 0 Å². The van der Waals surface area contributed by atoms with Crippen LogP contribution in [-0.4, -0.2) is 23.2 Å². The van der Waals surface area contributed by atoms with Crippen LogP contribution < -0.4 is 10.9 Å². The highest BCUT2D eigenvalue weighted by molar-refractivity contribution is 6.30. The van der Waals surface area contributed by atoms with Gasteiger partial charge in [-0.15, -0.1) is 0 Å². The Labute approximate surface area is 243 Å². The third kappa shape index (κ3) is 4.61. The Balaban J connectivity index is 1.15. The second kappa shape index (κ2) is 10.3. The molecule has 8 atom stereocenters. The van der Waals surface area contributed by atoms with Crippen molar-refractivity contribution in [2.75, 3.05) is 0 Å². The van der Waals surface area contributed by atoms with Crippen LogP contribution in [0.2, 0.25) is 10.0 Å². The average Bonchev–Trinajstić information content (AvgIpc) is 3.75. The molecule has 3 saturated carbocycles. The highest BCUT2D eigenvalue weighted by atomic mass is 35.5. The summed E-state index contributed by atoms with van der Waals surface area (Å²) in [7, 11) is 0. The molecule has 0 heterocycles. The molecule has 8 heteroatoms. The predicted molar refractivity (Wildman–Crippen MR) is 157 cm³/mol. The minimum atomic E-state index is -0.130. The Morgan fingerprint density at radius 2 is 0.925 bits per heavy atom. The Hall–Kier alpha value is -3.22. The lowest BCUT2D eigenvalue weighted by Gasteiger charge is -2.44. The van der Waals surface area contributed by atoms with Gasteiger partial charge >= 0.3 is 0 Å². The molecular weight excluding hydrogens is 543 g/mol. The van der Waals surface area contributed by atoms with Gasteiger partial charge in [-0.2, -0.15) is 10.2 Å². The van der Waals surface area contributed by atoms with Gasteiger partial charge in [0.1, 0.15) is 0 Å². The summed E-state index contributed by atoms with van der Waals surface area (Å²) in [4.78, 5) is 25.8. The minimum absolute atomic E-state index is 0.130. The normalized spacial score (nSPS) is 32.1. The van der Waals surface area contributed by atoms with Gasteiger partial charge in [-0.25, -0.2) is 10.9 Å². The Bertz CT molecular complexity index is 1310. The van der Waals surface area contributed by atoms with Crippen molar-refractivity contribution in [1.82, 2.24) is 10.9 Å². The summed E-state index contributed by atoms with van der Waals surface area (Å²) in [6.45, 7) is 0. The molecule has 5 aliphatic carbocycles. The fraction of sp³-hybridized carbons (Fsp3) is 0.375. The van der Waals surface area contributed by atoms with Crippen molar-refractivity contribution in [3.63, 3.8) is 0 Å². The molecule has 0 aliphatic heterocycles.